The normalized spacial score (nSPS) is 23.4. The molecule has 1 unspecified atom stereocenters. The third-order valence-electron chi connectivity index (χ3n) is 3.12. The van der Waals surface area contributed by atoms with Crippen LogP contribution < -0.4 is 10.5 Å². The van der Waals surface area contributed by atoms with Crippen molar-refractivity contribution in [1.82, 2.24) is 9.71 Å². The molecule has 20 heavy (non-hydrogen) atoms. The molecule has 1 aromatic rings. The van der Waals surface area contributed by atoms with Crippen molar-refractivity contribution in [3.63, 3.8) is 0 Å². The van der Waals surface area contributed by atoms with Crippen LogP contribution in [0.15, 0.2) is 23.2 Å². The molecule has 0 radical (unpaired) electrons. The number of thiocarbonyl (C=S) groups is 1. The van der Waals surface area contributed by atoms with Crippen molar-refractivity contribution >= 4 is 27.2 Å². The summed E-state index contributed by atoms with van der Waals surface area (Å²) in [5.74, 6) is 0. The third-order valence-corrected chi connectivity index (χ3v) is 4.95. The summed E-state index contributed by atoms with van der Waals surface area (Å²) in [6.45, 7) is 2.87. The zero-order valence-electron chi connectivity index (χ0n) is 11.1. The Kier molecular flexibility index (Phi) is 4.38. The number of nitrogens with two attached hydrogens (primary N) is 1. The molecule has 1 aromatic heterocycles. The second-order valence-corrected chi connectivity index (χ2v) is 7.19. The van der Waals surface area contributed by atoms with Gasteiger partial charge in [0.05, 0.1) is 17.8 Å². The van der Waals surface area contributed by atoms with Crippen LogP contribution in [-0.2, 0) is 14.8 Å². The van der Waals surface area contributed by atoms with Gasteiger partial charge in [-0.3, -0.25) is 4.98 Å². The van der Waals surface area contributed by atoms with Crippen molar-refractivity contribution in [1.29, 1.82) is 0 Å². The van der Waals surface area contributed by atoms with E-state index in [1.54, 1.807) is 0 Å². The summed E-state index contributed by atoms with van der Waals surface area (Å²) >= 11 is 4.78. The zero-order chi connectivity index (χ0) is 14.8. The summed E-state index contributed by atoms with van der Waals surface area (Å²) in [4.78, 5) is 4.16. The topological polar surface area (TPSA) is 94.3 Å². The second kappa shape index (κ2) is 5.72. The monoisotopic (exact) mass is 315 g/mol. The van der Waals surface area contributed by atoms with Crippen LogP contribution in [0.3, 0.4) is 0 Å². The van der Waals surface area contributed by atoms with Crippen molar-refractivity contribution in [2.75, 3.05) is 13.2 Å². The molecule has 1 aliphatic heterocycles. The van der Waals surface area contributed by atoms with Crippen LogP contribution in [0, 0.1) is 0 Å². The average molecular weight is 315 g/mol. The summed E-state index contributed by atoms with van der Waals surface area (Å²) in [5, 5.41) is 0. The molecule has 0 spiro atoms. The summed E-state index contributed by atoms with van der Waals surface area (Å²) in [7, 11) is -3.64. The van der Waals surface area contributed by atoms with E-state index in [-0.39, 0.29) is 9.88 Å². The molecule has 0 aromatic carbocycles. The van der Waals surface area contributed by atoms with Crippen LogP contribution in [0.1, 0.15) is 25.5 Å². The van der Waals surface area contributed by atoms with Gasteiger partial charge in [0.2, 0.25) is 10.0 Å². The molecule has 1 atom stereocenters. The van der Waals surface area contributed by atoms with E-state index >= 15 is 0 Å². The van der Waals surface area contributed by atoms with Crippen LogP contribution in [0.5, 0.6) is 0 Å². The van der Waals surface area contributed by atoms with Gasteiger partial charge >= 0.3 is 0 Å². The summed E-state index contributed by atoms with van der Waals surface area (Å²) in [6.07, 6.45) is 2.83. The molecular formula is C12H17N3O3S2. The third kappa shape index (κ3) is 3.51. The van der Waals surface area contributed by atoms with E-state index in [0.717, 1.165) is 12.8 Å². The number of hydrogen-bond acceptors (Lipinski definition) is 5. The van der Waals surface area contributed by atoms with Crippen molar-refractivity contribution in [2.45, 2.75) is 30.2 Å². The van der Waals surface area contributed by atoms with Gasteiger partial charge in [-0.25, -0.2) is 13.1 Å². The Morgan fingerprint density at radius 3 is 2.80 bits per heavy atom. The molecule has 8 heteroatoms. The van der Waals surface area contributed by atoms with Gasteiger partial charge in [0.15, 0.2) is 0 Å². The molecule has 0 saturated carbocycles. The largest absolute Gasteiger partial charge is 0.388 e. The predicted molar refractivity (Wildman–Crippen MR) is 78.9 cm³/mol. The number of sulfonamides is 1. The summed E-state index contributed by atoms with van der Waals surface area (Å²) < 4.78 is 32.7. The van der Waals surface area contributed by atoms with E-state index in [1.807, 2.05) is 6.92 Å². The number of ether oxygens (including phenoxy) is 1. The van der Waals surface area contributed by atoms with E-state index in [0.29, 0.717) is 18.9 Å². The molecule has 3 N–H and O–H groups in total. The number of hydrogen-bond donors (Lipinski definition) is 2. The fraction of sp³-hybridized carbons (Fsp3) is 0.500. The van der Waals surface area contributed by atoms with Gasteiger partial charge in [0.25, 0.3) is 0 Å². The molecule has 6 nitrogen and oxygen atoms in total. The van der Waals surface area contributed by atoms with Gasteiger partial charge < -0.3 is 10.5 Å². The van der Waals surface area contributed by atoms with E-state index in [2.05, 4.69) is 9.71 Å². The van der Waals surface area contributed by atoms with Crippen molar-refractivity contribution in [3.8, 4) is 0 Å². The van der Waals surface area contributed by atoms with Crippen LogP contribution in [0.25, 0.3) is 0 Å². The maximum absolute atomic E-state index is 12.3. The molecule has 0 aliphatic carbocycles. The molecule has 0 amide bonds. The Balaban J connectivity index is 2.19. The number of nitrogens with zero attached hydrogens (tertiary/aromatic N) is 1. The van der Waals surface area contributed by atoms with E-state index in [4.69, 9.17) is 22.7 Å². The van der Waals surface area contributed by atoms with Gasteiger partial charge in [-0.15, -0.1) is 0 Å². The molecule has 0 bridgehead atoms. The van der Waals surface area contributed by atoms with Crippen LogP contribution in [-0.4, -0.2) is 37.1 Å². The van der Waals surface area contributed by atoms with E-state index < -0.39 is 15.6 Å². The van der Waals surface area contributed by atoms with Crippen molar-refractivity contribution < 1.29 is 13.2 Å². The minimum Gasteiger partial charge on any atom is -0.388 e. The van der Waals surface area contributed by atoms with Crippen LogP contribution in [0.2, 0.25) is 0 Å². The van der Waals surface area contributed by atoms with E-state index in [1.165, 1.54) is 18.3 Å². The highest BCUT2D eigenvalue weighted by Gasteiger charge is 2.33. The first-order valence-corrected chi connectivity index (χ1v) is 8.09. The van der Waals surface area contributed by atoms with Crippen LogP contribution in [0.4, 0.5) is 0 Å². The first-order valence-electron chi connectivity index (χ1n) is 6.20. The highest BCUT2D eigenvalue weighted by molar-refractivity contribution is 7.89. The molecule has 1 fully saturated rings. The first-order chi connectivity index (χ1) is 9.32. The molecule has 1 saturated heterocycles. The number of aromatic nitrogens is 1. The molecule has 1 aliphatic rings. The minimum absolute atomic E-state index is 0.0873. The summed E-state index contributed by atoms with van der Waals surface area (Å²) in [5.41, 5.74) is 5.24. The first kappa shape index (κ1) is 15.3. The van der Waals surface area contributed by atoms with Crippen molar-refractivity contribution in [3.05, 3.63) is 24.0 Å². The Hall–Kier alpha value is -1.09. The smallest absolute Gasteiger partial charge is 0.242 e. The molecule has 2 rings (SSSR count). The Morgan fingerprint density at radius 2 is 2.30 bits per heavy atom. The number of nitrogens with one attached hydrogen (secondary N) is 1. The Bertz CT molecular complexity index is 593. The van der Waals surface area contributed by atoms with Gasteiger partial charge in [0.1, 0.15) is 9.88 Å². The lowest BCUT2D eigenvalue weighted by atomic mass is 9.97. The lowest BCUT2D eigenvalue weighted by molar-refractivity contribution is 0.0386. The molecule has 110 valence electrons. The van der Waals surface area contributed by atoms with E-state index in [9.17, 15) is 8.42 Å². The molecule has 2 heterocycles. The predicted octanol–water partition coefficient (Wildman–Crippen LogP) is 0.563. The number of pyridine rings is 1. The highest BCUT2D eigenvalue weighted by Crippen LogP contribution is 2.21. The highest BCUT2D eigenvalue weighted by atomic mass is 32.2. The lowest BCUT2D eigenvalue weighted by Crippen LogP contribution is -2.51. The van der Waals surface area contributed by atoms with Crippen LogP contribution >= 0.6 is 12.2 Å². The van der Waals surface area contributed by atoms with Gasteiger partial charge in [0, 0.05) is 12.8 Å². The van der Waals surface area contributed by atoms with Crippen molar-refractivity contribution in [2.24, 2.45) is 5.73 Å². The minimum atomic E-state index is -3.64. The Labute approximate surface area is 123 Å². The maximum atomic E-state index is 12.3. The zero-order valence-corrected chi connectivity index (χ0v) is 12.8. The Morgan fingerprint density at radius 1 is 1.55 bits per heavy atom. The second-order valence-electron chi connectivity index (χ2n) is 5.07. The van der Waals surface area contributed by atoms with Gasteiger partial charge in [-0.1, -0.05) is 12.2 Å². The fourth-order valence-corrected chi connectivity index (χ4v) is 3.57. The fourth-order valence-electron chi connectivity index (χ4n) is 2.08. The average Bonchev–Trinajstić information content (AvgIpc) is 2.38. The number of rotatable bonds is 4. The summed E-state index contributed by atoms with van der Waals surface area (Å²) in [6, 6.07) is 2.94. The SMILES string of the molecule is CC1(NS(=O)(=O)c2ccc(C(N)=S)nc2)CCCOC1. The lowest BCUT2D eigenvalue weighted by Gasteiger charge is -2.33. The standard InChI is InChI=1S/C12H17N3O3S2/c1-12(5-2-6-18-8-12)15-20(16,17)9-3-4-10(11(13)19)14-7-9/h3-4,7,15H,2,5-6,8H2,1H3,(H2,13,19). The van der Waals surface area contributed by atoms with Gasteiger partial charge in [-0.2, -0.15) is 0 Å². The quantitative estimate of drug-likeness (QED) is 0.789. The van der Waals surface area contributed by atoms with Gasteiger partial charge in [-0.05, 0) is 31.9 Å². The maximum Gasteiger partial charge on any atom is 0.242 e. The molecular weight excluding hydrogens is 298 g/mol.